The minimum atomic E-state index is -0.605. The quantitative estimate of drug-likeness (QED) is 0.413. The van der Waals surface area contributed by atoms with E-state index in [9.17, 15) is 10.1 Å². The summed E-state index contributed by atoms with van der Waals surface area (Å²) in [6.07, 6.45) is 2.74. The first-order valence-electron chi connectivity index (χ1n) is 7.67. The SMILES string of the molecule is Cc1cc(Oc2ncnc(Nc3ccc(Br)cn3)c2[N+](=O)[O-])cc(C)c1Cl. The average molecular weight is 451 g/mol. The molecule has 1 N–H and O–H groups in total. The average Bonchev–Trinajstić information content (AvgIpc) is 2.61. The van der Waals surface area contributed by atoms with Crippen LogP contribution in [0.4, 0.5) is 17.3 Å². The summed E-state index contributed by atoms with van der Waals surface area (Å²) in [4.78, 5) is 23.0. The van der Waals surface area contributed by atoms with Crippen molar-refractivity contribution in [3.05, 3.63) is 67.5 Å². The Hall–Kier alpha value is -2.78. The fourth-order valence-electron chi connectivity index (χ4n) is 2.34. The lowest BCUT2D eigenvalue weighted by Crippen LogP contribution is -2.04. The maximum absolute atomic E-state index is 11.6. The van der Waals surface area contributed by atoms with E-state index in [1.807, 2.05) is 13.8 Å². The lowest BCUT2D eigenvalue weighted by atomic mass is 10.1. The highest BCUT2D eigenvalue weighted by atomic mass is 79.9. The van der Waals surface area contributed by atoms with Gasteiger partial charge in [-0.1, -0.05) is 11.6 Å². The first kappa shape index (κ1) is 19.0. The normalized spacial score (nSPS) is 10.5. The molecule has 0 saturated carbocycles. The van der Waals surface area contributed by atoms with Gasteiger partial charge in [0.25, 0.3) is 0 Å². The lowest BCUT2D eigenvalue weighted by Gasteiger charge is -2.11. The fraction of sp³-hybridized carbons (Fsp3) is 0.118. The molecule has 0 aliphatic heterocycles. The van der Waals surface area contributed by atoms with E-state index in [1.165, 1.54) is 6.33 Å². The van der Waals surface area contributed by atoms with E-state index >= 15 is 0 Å². The van der Waals surface area contributed by atoms with Crippen LogP contribution in [0.15, 0.2) is 41.3 Å². The van der Waals surface area contributed by atoms with E-state index < -0.39 is 10.6 Å². The Labute approximate surface area is 167 Å². The number of aryl methyl sites for hydroxylation is 2. The van der Waals surface area contributed by atoms with Gasteiger partial charge in [-0.2, -0.15) is 4.98 Å². The number of nitrogens with one attached hydrogen (secondary N) is 1. The molecule has 0 atom stereocenters. The smallest absolute Gasteiger partial charge is 0.373 e. The minimum absolute atomic E-state index is 0.0257. The van der Waals surface area contributed by atoms with E-state index in [2.05, 4.69) is 36.2 Å². The Morgan fingerprint density at radius 3 is 2.48 bits per heavy atom. The minimum Gasteiger partial charge on any atom is -0.434 e. The van der Waals surface area contributed by atoms with Gasteiger partial charge < -0.3 is 10.1 Å². The van der Waals surface area contributed by atoms with Crippen molar-refractivity contribution < 1.29 is 9.66 Å². The molecule has 10 heteroatoms. The molecule has 2 aromatic heterocycles. The van der Waals surface area contributed by atoms with Crippen molar-refractivity contribution in [1.29, 1.82) is 0 Å². The molecule has 3 aromatic rings. The summed E-state index contributed by atoms with van der Waals surface area (Å²) in [6.45, 7) is 3.64. The molecular formula is C17H13BrClN5O3. The Kier molecular flexibility index (Phi) is 5.52. The molecule has 3 rings (SSSR count). The highest BCUT2D eigenvalue weighted by Crippen LogP contribution is 2.36. The van der Waals surface area contributed by atoms with Crippen molar-refractivity contribution in [2.75, 3.05) is 5.32 Å². The number of nitro groups is 1. The van der Waals surface area contributed by atoms with Crippen molar-refractivity contribution >= 4 is 44.9 Å². The molecular weight excluding hydrogens is 438 g/mol. The van der Waals surface area contributed by atoms with Crippen LogP contribution < -0.4 is 10.1 Å². The van der Waals surface area contributed by atoms with E-state index in [4.69, 9.17) is 16.3 Å². The summed E-state index contributed by atoms with van der Waals surface area (Å²) in [5.74, 6) is 0.575. The number of rotatable bonds is 5. The van der Waals surface area contributed by atoms with Gasteiger partial charge in [0, 0.05) is 15.7 Å². The molecule has 0 bridgehead atoms. The number of halogens is 2. The number of pyridine rings is 1. The van der Waals surface area contributed by atoms with Gasteiger partial charge in [-0.15, -0.1) is 0 Å². The molecule has 8 nitrogen and oxygen atoms in total. The van der Waals surface area contributed by atoms with Gasteiger partial charge in [-0.3, -0.25) is 10.1 Å². The maximum Gasteiger partial charge on any atom is 0.373 e. The highest BCUT2D eigenvalue weighted by Gasteiger charge is 2.25. The van der Waals surface area contributed by atoms with E-state index in [0.717, 1.165) is 15.6 Å². The van der Waals surface area contributed by atoms with Crippen LogP contribution in [0, 0.1) is 24.0 Å². The molecule has 0 aliphatic rings. The largest absolute Gasteiger partial charge is 0.434 e. The van der Waals surface area contributed by atoms with Crippen molar-refractivity contribution in [3.8, 4) is 11.6 Å². The number of aromatic nitrogens is 3. The van der Waals surface area contributed by atoms with Crippen LogP contribution >= 0.6 is 27.5 Å². The molecule has 0 aliphatic carbocycles. The molecule has 0 unspecified atom stereocenters. The van der Waals surface area contributed by atoms with E-state index in [1.54, 1.807) is 30.5 Å². The van der Waals surface area contributed by atoms with Gasteiger partial charge in [0.2, 0.25) is 5.82 Å². The monoisotopic (exact) mass is 449 g/mol. The lowest BCUT2D eigenvalue weighted by molar-refractivity contribution is -0.385. The molecule has 1 aromatic carbocycles. The van der Waals surface area contributed by atoms with Crippen LogP contribution in [0.3, 0.4) is 0 Å². The van der Waals surface area contributed by atoms with Crippen molar-refractivity contribution in [2.45, 2.75) is 13.8 Å². The third kappa shape index (κ3) is 4.32. The molecule has 0 amide bonds. The van der Waals surface area contributed by atoms with Gasteiger partial charge in [0.15, 0.2) is 0 Å². The standard InChI is InChI=1S/C17H13BrClN5O3/c1-9-5-12(6-10(2)14(9)19)27-17-15(24(25)26)16(21-8-22-17)23-13-4-3-11(18)7-20-13/h3-8H,1-2H3,(H,20,21,22,23). The Balaban J connectivity index is 1.98. The van der Waals surface area contributed by atoms with Crippen LogP contribution in [-0.2, 0) is 0 Å². The number of anilines is 2. The molecule has 138 valence electrons. The first-order valence-corrected chi connectivity index (χ1v) is 8.85. The second kappa shape index (κ2) is 7.85. The van der Waals surface area contributed by atoms with Crippen LogP contribution in [-0.4, -0.2) is 19.9 Å². The fourth-order valence-corrected chi connectivity index (χ4v) is 2.68. The number of benzene rings is 1. The van der Waals surface area contributed by atoms with Crippen molar-refractivity contribution in [3.63, 3.8) is 0 Å². The van der Waals surface area contributed by atoms with Crippen molar-refractivity contribution in [2.24, 2.45) is 0 Å². The molecule has 2 heterocycles. The summed E-state index contributed by atoms with van der Waals surface area (Å²) >= 11 is 9.43. The molecule has 27 heavy (non-hydrogen) atoms. The summed E-state index contributed by atoms with van der Waals surface area (Å²) in [5, 5.41) is 15.0. The Bertz CT molecular complexity index is 991. The van der Waals surface area contributed by atoms with E-state index in [0.29, 0.717) is 16.6 Å². The predicted octanol–water partition coefficient (Wildman–Crippen LogP) is 5.35. The summed E-state index contributed by atoms with van der Waals surface area (Å²) in [7, 11) is 0. The molecule has 0 fully saturated rings. The summed E-state index contributed by atoms with van der Waals surface area (Å²) < 4.78 is 6.45. The molecule has 0 saturated heterocycles. The number of nitrogens with zero attached hydrogens (tertiary/aromatic N) is 4. The van der Waals surface area contributed by atoms with Gasteiger partial charge in [0.1, 0.15) is 17.9 Å². The van der Waals surface area contributed by atoms with Crippen LogP contribution in [0.5, 0.6) is 11.6 Å². The Morgan fingerprint density at radius 1 is 1.19 bits per heavy atom. The third-order valence-corrected chi connectivity index (χ3v) is 4.63. The number of hydrogen-bond donors (Lipinski definition) is 1. The van der Waals surface area contributed by atoms with Gasteiger partial charge in [-0.25, -0.2) is 9.97 Å². The third-order valence-electron chi connectivity index (χ3n) is 3.57. The maximum atomic E-state index is 11.6. The van der Waals surface area contributed by atoms with Gasteiger partial charge in [-0.05, 0) is 65.2 Å². The van der Waals surface area contributed by atoms with Gasteiger partial charge in [0.05, 0.1) is 4.92 Å². The zero-order valence-electron chi connectivity index (χ0n) is 14.2. The number of hydrogen-bond acceptors (Lipinski definition) is 7. The van der Waals surface area contributed by atoms with E-state index in [-0.39, 0.29) is 11.7 Å². The van der Waals surface area contributed by atoms with Crippen molar-refractivity contribution in [1.82, 2.24) is 15.0 Å². The topological polar surface area (TPSA) is 103 Å². The second-order valence-corrected chi connectivity index (χ2v) is 6.89. The Morgan fingerprint density at radius 2 is 1.89 bits per heavy atom. The number of ether oxygens (including phenoxy) is 1. The van der Waals surface area contributed by atoms with Crippen LogP contribution in [0.1, 0.15) is 11.1 Å². The second-order valence-electron chi connectivity index (χ2n) is 5.59. The van der Waals surface area contributed by atoms with Gasteiger partial charge >= 0.3 is 11.6 Å². The predicted molar refractivity (Wildman–Crippen MR) is 105 cm³/mol. The zero-order valence-corrected chi connectivity index (χ0v) is 16.6. The molecule has 0 radical (unpaired) electrons. The zero-order chi connectivity index (χ0) is 19.6. The highest BCUT2D eigenvalue weighted by molar-refractivity contribution is 9.10. The van der Waals surface area contributed by atoms with Crippen LogP contribution in [0.2, 0.25) is 5.02 Å². The molecule has 0 spiro atoms. The summed E-state index contributed by atoms with van der Waals surface area (Å²) in [6, 6.07) is 6.77. The summed E-state index contributed by atoms with van der Waals surface area (Å²) in [5.41, 5.74) is 1.19. The van der Waals surface area contributed by atoms with Crippen LogP contribution in [0.25, 0.3) is 0 Å². The first-order chi connectivity index (χ1) is 12.8.